The first-order chi connectivity index (χ1) is 9.58. The number of benzene rings is 1. The van der Waals surface area contributed by atoms with Crippen molar-refractivity contribution in [3.05, 3.63) is 35.4 Å². The minimum absolute atomic E-state index is 0.00758. The summed E-state index contributed by atoms with van der Waals surface area (Å²) in [5, 5.41) is 2.80. The van der Waals surface area contributed by atoms with Crippen LogP contribution >= 0.6 is 0 Å². The first-order valence-electron chi connectivity index (χ1n) is 7.23. The highest BCUT2D eigenvalue weighted by atomic mass is 16.2. The summed E-state index contributed by atoms with van der Waals surface area (Å²) in [6, 6.07) is 7.35. The Bertz CT molecular complexity index is 551. The van der Waals surface area contributed by atoms with Gasteiger partial charge in [0.15, 0.2) is 0 Å². The first kappa shape index (κ1) is 13.2. The van der Waals surface area contributed by atoms with Crippen LogP contribution in [0, 0.1) is 12.8 Å². The lowest BCUT2D eigenvalue weighted by molar-refractivity contribution is -0.150. The fraction of sp³-hybridized carbons (Fsp3) is 0.500. The molecule has 20 heavy (non-hydrogen) atoms. The van der Waals surface area contributed by atoms with E-state index in [-0.39, 0.29) is 17.9 Å². The van der Waals surface area contributed by atoms with Crippen molar-refractivity contribution in [3.8, 4) is 0 Å². The molecule has 2 amide bonds. The number of nitrogens with one attached hydrogen (secondary N) is 1. The molecule has 2 atom stereocenters. The molecule has 0 radical (unpaired) electrons. The maximum Gasteiger partial charge on any atom is 0.245 e. The Morgan fingerprint density at radius 2 is 1.95 bits per heavy atom. The number of carbonyl (C=O) groups is 2. The van der Waals surface area contributed by atoms with Crippen molar-refractivity contribution in [3.63, 3.8) is 0 Å². The number of amides is 2. The van der Waals surface area contributed by atoms with Gasteiger partial charge in [-0.25, -0.2) is 0 Å². The third kappa shape index (κ3) is 2.30. The molecule has 1 aliphatic heterocycles. The van der Waals surface area contributed by atoms with E-state index >= 15 is 0 Å². The van der Waals surface area contributed by atoms with Gasteiger partial charge >= 0.3 is 0 Å². The zero-order valence-corrected chi connectivity index (χ0v) is 11.9. The molecule has 4 nitrogen and oxygen atoms in total. The van der Waals surface area contributed by atoms with Crippen LogP contribution in [-0.2, 0) is 16.1 Å². The highest BCUT2D eigenvalue weighted by Crippen LogP contribution is 2.37. The van der Waals surface area contributed by atoms with E-state index in [2.05, 4.69) is 5.32 Å². The second kappa shape index (κ2) is 4.93. The van der Waals surface area contributed by atoms with Crippen molar-refractivity contribution in [2.45, 2.75) is 45.3 Å². The van der Waals surface area contributed by atoms with Crippen LogP contribution < -0.4 is 5.32 Å². The summed E-state index contributed by atoms with van der Waals surface area (Å²) in [6.07, 6.45) is 2.09. The second-order valence-electron chi connectivity index (χ2n) is 5.91. The van der Waals surface area contributed by atoms with E-state index in [0.717, 1.165) is 24.0 Å². The number of nitrogens with zero attached hydrogens (tertiary/aromatic N) is 1. The molecule has 1 saturated carbocycles. The van der Waals surface area contributed by atoms with E-state index in [1.54, 1.807) is 11.8 Å². The van der Waals surface area contributed by atoms with Crippen LogP contribution in [0.3, 0.4) is 0 Å². The van der Waals surface area contributed by atoms with E-state index in [1.807, 2.05) is 31.2 Å². The van der Waals surface area contributed by atoms with Gasteiger partial charge in [0.25, 0.3) is 0 Å². The smallest absolute Gasteiger partial charge is 0.245 e. The van der Waals surface area contributed by atoms with Gasteiger partial charge in [0, 0.05) is 6.54 Å². The average molecular weight is 272 g/mol. The summed E-state index contributed by atoms with van der Waals surface area (Å²) in [4.78, 5) is 26.4. The summed E-state index contributed by atoms with van der Waals surface area (Å²) >= 11 is 0. The Balaban J connectivity index is 1.88. The second-order valence-corrected chi connectivity index (χ2v) is 5.91. The van der Waals surface area contributed by atoms with Gasteiger partial charge in [-0.3, -0.25) is 9.59 Å². The summed E-state index contributed by atoms with van der Waals surface area (Å²) in [7, 11) is 0. The summed E-state index contributed by atoms with van der Waals surface area (Å²) in [6.45, 7) is 4.33. The molecule has 1 aromatic carbocycles. The predicted octanol–water partition coefficient (Wildman–Crippen LogP) is 1.62. The van der Waals surface area contributed by atoms with Crippen LogP contribution in [-0.4, -0.2) is 28.8 Å². The molecular weight excluding hydrogens is 252 g/mol. The molecule has 4 heteroatoms. The summed E-state index contributed by atoms with van der Waals surface area (Å²) in [5.74, 6) is 0.383. The van der Waals surface area contributed by atoms with Gasteiger partial charge in [-0.2, -0.15) is 0 Å². The van der Waals surface area contributed by atoms with E-state index in [1.165, 1.54) is 0 Å². The Morgan fingerprint density at radius 3 is 2.60 bits per heavy atom. The maximum atomic E-state index is 12.4. The number of aryl methyl sites for hydroxylation is 1. The zero-order chi connectivity index (χ0) is 14.3. The molecule has 1 saturated heterocycles. The summed E-state index contributed by atoms with van der Waals surface area (Å²) < 4.78 is 0. The fourth-order valence-corrected chi connectivity index (χ4v) is 2.92. The standard InChI is InChI=1S/C16H20N2O2/c1-10-5-3-4-6-13(10)9-18-14(12-7-8-12)15(19)17-11(2)16(18)20/h3-6,11-12,14H,7-9H2,1-2H3,(H,17,19). The van der Waals surface area contributed by atoms with E-state index in [0.29, 0.717) is 12.5 Å². The molecule has 0 aromatic heterocycles. The lowest BCUT2D eigenvalue weighted by atomic mass is 10.0. The molecular formula is C16H20N2O2. The van der Waals surface area contributed by atoms with Crippen LogP contribution in [0.2, 0.25) is 0 Å². The molecule has 2 unspecified atom stereocenters. The zero-order valence-electron chi connectivity index (χ0n) is 11.9. The van der Waals surface area contributed by atoms with Crippen LogP contribution in [0.25, 0.3) is 0 Å². The van der Waals surface area contributed by atoms with Gasteiger partial charge in [0.2, 0.25) is 11.8 Å². The summed E-state index contributed by atoms with van der Waals surface area (Å²) in [5.41, 5.74) is 2.28. The number of hydrogen-bond acceptors (Lipinski definition) is 2. The van der Waals surface area contributed by atoms with Crippen LogP contribution in [0.1, 0.15) is 30.9 Å². The molecule has 0 spiro atoms. The van der Waals surface area contributed by atoms with Gasteiger partial charge in [0.05, 0.1) is 0 Å². The number of piperazine rings is 1. The molecule has 1 aromatic rings. The van der Waals surface area contributed by atoms with Crippen molar-refractivity contribution >= 4 is 11.8 Å². The van der Waals surface area contributed by atoms with Crippen molar-refractivity contribution < 1.29 is 9.59 Å². The van der Waals surface area contributed by atoms with E-state index in [4.69, 9.17) is 0 Å². The number of carbonyl (C=O) groups excluding carboxylic acids is 2. The average Bonchev–Trinajstić information content (AvgIpc) is 3.22. The van der Waals surface area contributed by atoms with Crippen molar-refractivity contribution in [2.75, 3.05) is 0 Å². The minimum Gasteiger partial charge on any atom is -0.343 e. The quantitative estimate of drug-likeness (QED) is 0.909. The van der Waals surface area contributed by atoms with Crippen LogP contribution in [0.15, 0.2) is 24.3 Å². The molecule has 106 valence electrons. The molecule has 1 N–H and O–H groups in total. The Kier molecular flexibility index (Phi) is 3.24. The molecule has 1 heterocycles. The van der Waals surface area contributed by atoms with Crippen LogP contribution in [0.4, 0.5) is 0 Å². The molecule has 1 aliphatic carbocycles. The van der Waals surface area contributed by atoms with E-state index < -0.39 is 6.04 Å². The molecule has 2 fully saturated rings. The van der Waals surface area contributed by atoms with Crippen molar-refractivity contribution in [2.24, 2.45) is 5.92 Å². The highest BCUT2D eigenvalue weighted by molar-refractivity contribution is 5.97. The van der Waals surface area contributed by atoms with Gasteiger partial charge in [0.1, 0.15) is 12.1 Å². The van der Waals surface area contributed by atoms with Gasteiger partial charge in [-0.1, -0.05) is 24.3 Å². The Morgan fingerprint density at radius 1 is 1.25 bits per heavy atom. The topological polar surface area (TPSA) is 49.4 Å². The lowest BCUT2D eigenvalue weighted by Crippen LogP contribution is -2.62. The van der Waals surface area contributed by atoms with Crippen LogP contribution in [0.5, 0.6) is 0 Å². The van der Waals surface area contributed by atoms with Gasteiger partial charge < -0.3 is 10.2 Å². The monoisotopic (exact) mass is 272 g/mol. The third-order valence-electron chi connectivity index (χ3n) is 4.29. The largest absolute Gasteiger partial charge is 0.343 e. The molecule has 2 aliphatic rings. The normalized spacial score (nSPS) is 26.6. The highest BCUT2D eigenvalue weighted by Gasteiger charge is 2.46. The SMILES string of the molecule is Cc1ccccc1CN1C(=O)C(C)NC(=O)C1C1CC1. The maximum absolute atomic E-state index is 12.4. The van der Waals surface area contributed by atoms with E-state index in [9.17, 15) is 9.59 Å². The number of rotatable bonds is 3. The predicted molar refractivity (Wildman–Crippen MR) is 75.8 cm³/mol. The van der Waals surface area contributed by atoms with Gasteiger partial charge in [-0.05, 0) is 43.7 Å². The van der Waals surface area contributed by atoms with Crippen molar-refractivity contribution in [1.82, 2.24) is 10.2 Å². The minimum atomic E-state index is -0.415. The Labute approximate surface area is 119 Å². The fourth-order valence-electron chi connectivity index (χ4n) is 2.92. The Hall–Kier alpha value is -1.84. The van der Waals surface area contributed by atoms with Gasteiger partial charge in [-0.15, -0.1) is 0 Å². The third-order valence-corrected chi connectivity index (χ3v) is 4.29. The first-order valence-corrected chi connectivity index (χ1v) is 7.23. The number of hydrogen-bond donors (Lipinski definition) is 1. The van der Waals surface area contributed by atoms with Crippen molar-refractivity contribution in [1.29, 1.82) is 0 Å². The lowest BCUT2D eigenvalue weighted by Gasteiger charge is -2.38. The molecule has 0 bridgehead atoms. The molecule has 3 rings (SSSR count).